The molecule has 0 saturated heterocycles. The van der Waals surface area contributed by atoms with E-state index in [4.69, 9.17) is 15.2 Å². The predicted molar refractivity (Wildman–Crippen MR) is 68.1 cm³/mol. The van der Waals surface area contributed by atoms with Crippen molar-refractivity contribution < 1.29 is 9.47 Å². The number of nitrogens with two attached hydrogens (primary N) is 1. The summed E-state index contributed by atoms with van der Waals surface area (Å²) in [4.78, 5) is 0. The molecule has 0 bridgehead atoms. The van der Waals surface area contributed by atoms with Gasteiger partial charge in [0.15, 0.2) is 0 Å². The first-order chi connectivity index (χ1) is 8.23. The maximum Gasteiger partial charge on any atom is 0.0700 e. The minimum Gasteiger partial charge on any atom is -0.382 e. The normalized spacial score (nSPS) is 17.1. The third kappa shape index (κ3) is 3.28. The lowest BCUT2D eigenvalue weighted by molar-refractivity contribution is 0.0616. The molecule has 1 aliphatic rings. The van der Waals surface area contributed by atoms with Crippen molar-refractivity contribution in [3.05, 3.63) is 35.4 Å². The molecule has 2 N–H and O–H groups in total. The van der Waals surface area contributed by atoms with Crippen LogP contribution in [0.5, 0.6) is 0 Å². The van der Waals surface area contributed by atoms with Crippen molar-refractivity contribution in [2.45, 2.75) is 24.8 Å². The number of benzene rings is 1. The van der Waals surface area contributed by atoms with Crippen molar-refractivity contribution >= 4 is 0 Å². The van der Waals surface area contributed by atoms with Crippen molar-refractivity contribution in [2.24, 2.45) is 5.73 Å². The van der Waals surface area contributed by atoms with E-state index in [2.05, 4.69) is 24.3 Å². The first-order valence-electron chi connectivity index (χ1n) is 6.16. The smallest absolute Gasteiger partial charge is 0.0700 e. The van der Waals surface area contributed by atoms with Crippen LogP contribution in [0.4, 0.5) is 0 Å². The van der Waals surface area contributed by atoms with E-state index < -0.39 is 0 Å². The lowest BCUT2D eigenvalue weighted by Gasteiger charge is -2.23. The first-order valence-corrected chi connectivity index (χ1v) is 6.16. The molecule has 0 heterocycles. The van der Waals surface area contributed by atoms with Crippen molar-refractivity contribution in [1.29, 1.82) is 0 Å². The van der Waals surface area contributed by atoms with Gasteiger partial charge in [0, 0.05) is 19.3 Å². The lowest BCUT2D eigenvalue weighted by atomic mass is 9.93. The van der Waals surface area contributed by atoms with Crippen LogP contribution >= 0.6 is 0 Å². The summed E-state index contributed by atoms with van der Waals surface area (Å²) in [6.45, 7) is 2.02. The Morgan fingerprint density at radius 3 is 2.35 bits per heavy atom. The second kappa shape index (κ2) is 5.63. The van der Waals surface area contributed by atoms with Crippen molar-refractivity contribution in [3.8, 4) is 0 Å². The molecule has 17 heavy (non-hydrogen) atoms. The average molecular weight is 235 g/mol. The Hall–Kier alpha value is -0.900. The maximum absolute atomic E-state index is 6.41. The van der Waals surface area contributed by atoms with Gasteiger partial charge < -0.3 is 15.2 Å². The van der Waals surface area contributed by atoms with Gasteiger partial charge in [-0.25, -0.2) is 0 Å². The summed E-state index contributed by atoms with van der Waals surface area (Å²) in [6, 6.07) is 8.52. The van der Waals surface area contributed by atoms with Crippen LogP contribution in [0.1, 0.15) is 17.5 Å². The van der Waals surface area contributed by atoms with Gasteiger partial charge in [-0.05, 0) is 30.4 Å². The Bertz CT molecular complexity index is 340. The van der Waals surface area contributed by atoms with Crippen LogP contribution in [-0.2, 0) is 22.3 Å². The van der Waals surface area contributed by atoms with Gasteiger partial charge in [-0.3, -0.25) is 0 Å². The van der Waals surface area contributed by atoms with Gasteiger partial charge >= 0.3 is 0 Å². The van der Waals surface area contributed by atoms with Gasteiger partial charge in [-0.2, -0.15) is 0 Å². The van der Waals surface area contributed by atoms with Crippen LogP contribution in [0.25, 0.3) is 0 Å². The SMILES string of the molecule is COCCOCCC1(N)Cc2ccccc2C1. The number of fused-ring (bicyclic) bond motifs is 1. The van der Waals surface area contributed by atoms with Crippen LogP contribution in [0, 0.1) is 0 Å². The van der Waals surface area contributed by atoms with Gasteiger partial charge in [0.25, 0.3) is 0 Å². The summed E-state index contributed by atoms with van der Waals surface area (Å²) in [7, 11) is 1.68. The predicted octanol–water partition coefficient (Wildman–Crippen LogP) is 1.54. The zero-order valence-corrected chi connectivity index (χ0v) is 10.4. The van der Waals surface area contributed by atoms with E-state index in [1.165, 1.54) is 11.1 Å². The summed E-state index contributed by atoms with van der Waals surface area (Å²) in [5, 5.41) is 0. The summed E-state index contributed by atoms with van der Waals surface area (Å²) < 4.78 is 10.4. The highest BCUT2D eigenvalue weighted by atomic mass is 16.5. The fourth-order valence-electron chi connectivity index (χ4n) is 2.42. The van der Waals surface area contributed by atoms with Gasteiger partial charge in [0.05, 0.1) is 13.2 Å². The van der Waals surface area contributed by atoms with E-state index in [0.29, 0.717) is 19.8 Å². The van der Waals surface area contributed by atoms with E-state index in [1.807, 2.05) is 0 Å². The molecule has 0 saturated carbocycles. The molecule has 2 rings (SSSR count). The third-order valence-corrected chi connectivity index (χ3v) is 3.38. The number of methoxy groups -OCH3 is 1. The monoisotopic (exact) mass is 235 g/mol. The molecule has 1 aliphatic carbocycles. The number of hydrogen-bond donors (Lipinski definition) is 1. The molecular weight excluding hydrogens is 214 g/mol. The molecule has 3 nitrogen and oxygen atoms in total. The Kier molecular flexibility index (Phi) is 4.15. The Labute approximate surface area is 103 Å². The molecule has 0 fully saturated rings. The summed E-state index contributed by atoms with van der Waals surface area (Å²) >= 11 is 0. The fraction of sp³-hybridized carbons (Fsp3) is 0.571. The standard InChI is InChI=1S/C14H21NO2/c1-16-8-9-17-7-6-14(15)10-12-4-2-3-5-13(12)11-14/h2-5H,6-11,15H2,1H3. The molecule has 3 heteroatoms. The molecule has 94 valence electrons. The summed E-state index contributed by atoms with van der Waals surface area (Å²) in [6.07, 6.45) is 2.85. The molecule has 0 aliphatic heterocycles. The van der Waals surface area contributed by atoms with Gasteiger partial charge in [-0.15, -0.1) is 0 Å². The van der Waals surface area contributed by atoms with Crippen molar-refractivity contribution in [1.82, 2.24) is 0 Å². The zero-order valence-electron chi connectivity index (χ0n) is 10.4. The number of rotatable bonds is 6. The Morgan fingerprint density at radius 1 is 1.12 bits per heavy atom. The largest absolute Gasteiger partial charge is 0.382 e. The number of ether oxygens (including phenoxy) is 2. The Balaban J connectivity index is 1.79. The number of hydrogen-bond acceptors (Lipinski definition) is 3. The molecule has 0 aromatic heterocycles. The van der Waals surface area contributed by atoms with Crippen LogP contribution in [0.15, 0.2) is 24.3 Å². The summed E-state index contributed by atoms with van der Waals surface area (Å²) in [5.74, 6) is 0. The molecule has 0 atom stereocenters. The molecule has 1 aromatic rings. The van der Waals surface area contributed by atoms with Crippen LogP contribution in [0.3, 0.4) is 0 Å². The molecule has 1 aromatic carbocycles. The van der Waals surface area contributed by atoms with Gasteiger partial charge in [0.2, 0.25) is 0 Å². The highest BCUT2D eigenvalue weighted by Crippen LogP contribution is 2.30. The topological polar surface area (TPSA) is 44.5 Å². The molecule has 0 radical (unpaired) electrons. The Morgan fingerprint density at radius 2 is 1.76 bits per heavy atom. The van der Waals surface area contributed by atoms with E-state index in [0.717, 1.165) is 19.3 Å². The molecule has 0 unspecified atom stereocenters. The highest BCUT2D eigenvalue weighted by Gasteiger charge is 2.32. The van der Waals surface area contributed by atoms with E-state index in [-0.39, 0.29) is 5.54 Å². The highest BCUT2D eigenvalue weighted by molar-refractivity contribution is 5.35. The summed E-state index contributed by atoms with van der Waals surface area (Å²) in [5.41, 5.74) is 9.09. The fourth-order valence-corrected chi connectivity index (χ4v) is 2.42. The minimum absolute atomic E-state index is 0.114. The third-order valence-electron chi connectivity index (χ3n) is 3.38. The quantitative estimate of drug-likeness (QED) is 0.761. The van der Waals surface area contributed by atoms with Crippen LogP contribution in [-0.4, -0.2) is 32.5 Å². The van der Waals surface area contributed by atoms with Crippen LogP contribution < -0.4 is 5.73 Å². The van der Waals surface area contributed by atoms with Crippen molar-refractivity contribution in [2.75, 3.05) is 26.9 Å². The van der Waals surface area contributed by atoms with Crippen LogP contribution in [0.2, 0.25) is 0 Å². The lowest BCUT2D eigenvalue weighted by Crippen LogP contribution is -2.41. The minimum atomic E-state index is -0.114. The van der Waals surface area contributed by atoms with E-state index in [1.54, 1.807) is 7.11 Å². The second-order valence-corrected chi connectivity index (χ2v) is 4.84. The second-order valence-electron chi connectivity index (χ2n) is 4.84. The molecule has 0 amide bonds. The molecular formula is C14H21NO2. The van der Waals surface area contributed by atoms with Gasteiger partial charge in [-0.1, -0.05) is 24.3 Å². The average Bonchev–Trinajstić information content (AvgIpc) is 2.65. The van der Waals surface area contributed by atoms with E-state index in [9.17, 15) is 0 Å². The molecule has 0 spiro atoms. The maximum atomic E-state index is 6.41. The van der Waals surface area contributed by atoms with Gasteiger partial charge in [0.1, 0.15) is 0 Å². The van der Waals surface area contributed by atoms with Crippen molar-refractivity contribution in [3.63, 3.8) is 0 Å². The first kappa shape index (κ1) is 12.6. The zero-order chi connectivity index (χ0) is 12.1. The van der Waals surface area contributed by atoms with E-state index >= 15 is 0 Å².